The summed E-state index contributed by atoms with van der Waals surface area (Å²) in [7, 11) is 1.15. The molecule has 0 radical (unpaired) electrons. The first-order chi connectivity index (χ1) is 8.76. The lowest BCUT2D eigenvalue weighted by atomic mass is 10.2. The minimum atomic E-state index is -4.90. The molecule has 19 heavy (non-hydrogen) atoms. The van der Waals surface area contributed by atoms with E-state index >= 15 is 0 Å². The first kappa shape index (κ1) is 15.0. The third-order valence-corrected chi connectivity index (χ3v) is 2.12. The first-order valence-electron chi connectivity index (χ1n) is 5.07. The molecule has 0 aliphatic rings. The maximum absolute atomic E-state index is 12.2. The predicted octanol–water partition coefficient (Wildman–Crippen LogP) is 0.737. The molecule has 0 bridgehead atoms. The predicted molar refractivity (Wildman–Crippen MR) is 58.9 cm³/mol. The maximum atomic E-state index is 12.2. The van der Waals surface area contributed by atoms with Crippen LogP contribution in [0.1, 0.15) is 11.4 Å². The fourth-order valence-corrected chi connectivity index (χ4v) is 1.31. The van der Waals surface area contributed by atoms with Crippen molar-refractivity contribution < 1.29 is 27.4 Å². The molecule has 1 aromatic heterocycles. The van der Waals surface area contributed by atoms with E-state index in [1.165, 1.54) is 0 Å². The fourth-order valence-electron chi connectivity index (χ4n) is 1.31. The number of anilines is 1. The van der Waals surface area contributed by atoms with Crippen molar-refractivity contribution >= 4 is 11.7 Å². The Hall–Kier alpha value is -2.03. The molecule has 1 heterocycles. The van der Waals surface area contributed by atoms with E-state index in [1.54, 1.807) is 0 Å². The zero-order chi connectivity index (χ0) is 14.6. The van der Waals surface area contributed by atoms with Gasteiger partial charge in [0.25, 0.3) is 0 Å². The van der Waals surface area contributed by atoms with Gasteiger partial charge in [0.15, 0.2) is 5.75 Å². The summed E-state index contributed by atoms with van der Waals surface area (Å²) >= 11 is 0. The largest absolute Gasteiger partial charge is 0.573 e. The number of carbonyl (C=O) groups excluding carboxylic acids is 1. The second-order valence-electron chi connectivity index (χ2n) is 3.48. The summed E-state index contributed by atoms with van der Waals surface area (Å²) in [4.78, 5) is 14.9. The number of pyridine rings is 1. The van der Waals surface area contributed by atoms with Crippen molar-refractivity contribution in [3.05, 3.63) is 17.5 Å². The van der Waals surface area contributed by atoms with Crippen LogP contribution >= 0.6 is 0 Å². The average molecular weight is 279 g/mol. The maximum Gasteiger partial charge on any atom is 0.573 e. The van der Waals surface area contributed by atoms with E-state index in [2.05, 4.69) is 14.5 Å². The van der Waals surface area contributed by atoms with Crippen LogP contribution in [0.25, 0.3) is 0 Å². The summed E-state index contributed by atoms with van der Waals surface area (Å²) in [6.07, 6.45) is -5.21. The average Bonchev–Trinajstić information content (AvgIpc) is 2.31. The molecular weight excluding hydrogens is 267 g/mol. The van der Waals surface area contributed by atoms with Gasteiger partial charge in [-0.05, 0) is 0 Å². The topological polar surface area (TPSA) is 100 Å². The molecule has 0 atom stereocenters. The number of ether oxygens (including phenoxy) is 2. The number of halogens is 3. The highest BCUT2D eigenvalue weighted by Crippen LogP contribution is 2.30. The Morgan fingerprint density at radius 3 is 2.58 bits per heavy atom. The minimum Gasteiger partial charge on any atom is -0.469 e. The molecule has 0 fully saturated rings. The number of hydrogen-bond acceptors (Lipinski definition) is 6. The molecule has 1 rings (SSSR count). The van der Waals surface area contributed by atoms with E-state index in [4.69, 9.17) is 11.5 Å². The standard InChI is InChI=1S/C10H12F3N3O3/c1-18-8(17)3-5-2-7(19-10(11,12)13)9(15)6(4-14)16-5/h2H,3-4,14-15H2,1H3. The molecule has 0 aliphatic heterocycles. The van der Waals surface area contributed by atoms with Crippen molar-refractivity contribution in [3.63, 3.8) is 0 Å². The third-order valence-electron chi connectivity index (χ3n) is 2.12. The van der Waals surface area contributed by atoms with Crippen LogP contribution in [0.15, 0.2) is 6.07 Å². The number of aromatic nitrogens is 1. The van der Waals surface area contributed by atoms with Gasteiger partial charge in [-0.3, -0.25) is 9.78 Å². The van der Waals surface area contributed by atoms with E-state index < -0.39 is 18.1 Å². The molecule has 0 saturated carbocycles. The Labute approximate surface area is 106 Å². The highest BCUT2D eigenvalue weighted by atomic mass is 19.4. The Balaban J connectivity index is 3.14. The van der Waals surface area contributed by atoms with Crippen LogP contribution in [-0.2, 0) is 22.5 Å². The Kier molecular flexibility index (Phi) is 4.54. The Morgan fingerprint density at radius 2 is 2.11 bits per heavy atom. The van der Waals surface area contributed by atoms with Gasteiger partial charge >= 0.3 is 12.3 Å². The monoisotopic (exact) mass is 279 g/mol. The van der Waals surface area contributed by atoms with Crippen LogP contribution < -0.4 is 16.2 Å². The lowest BCUT2D eigenvalue weighted by molar-refractivity contribution is -0.274. The SMILES string of the molecule is COC(=O)Cc1cc(OC(F)(F)F)c(N)c(CN)n1. The quantitative estimate of drug-likeness (QED) is 0.788. The smallest absolute Gasteiger partial charge is 0.469 e. The van der Waals surface area contributed by atoms with Crippen molar-refractivity contribution in [1.82, 2.24) is 4.98 Å². The van der Waals surface area contributed by atoms with E-state index in [-0.39, 0.29) is 30.0 Å². The van der Waals surface area contributed by atoms with Gasteiger partial charge in [-0.1, -0.05) is 0 Å². The molecule has 0 aromatic carbocycles. The van der Waals surface area contributed by atoms with Gasteiger partial charge in [-0.15, -0.1) is 13.2 Å². The van der Waals surface area contributed by atoms with Gasteiger partial charge in [0.05, 0.1) is 30.6 Å². The molecule has 1 aromatic rings. The van der Waals surface area contributed by atoms with E-state index in [0.29, 0.717) is 0 Å². The van der Waals surface area contributed by atoms with Crippen molar-refractivity contribution in [2.24, 2.45) is 5.73 Å². The number of nitrogen functional groups attached to an aromatic ring is 1. The van der Waals surface area contributed by atoms with Gasteiger partial charge in [-0.25, -0.2) is 0 Å². The van der Waals surface area contributed by atoms with Crippen molar-refractivity contribution in [2.45, 2.75) is 19.3 Å². The van der Waals surface area contributed by atoms with E-state index in [1.807, 2.05) is 0 Å². The second-order valence-corrected chi connectivity index (χ2v) is 3.48. The van der Waals surface area contributed by atoms with Gasteiger partial charge in [0.1, 0.15) is 0 Å². The lowest BCUT2D eigenvalue weighted by Gasteiger charge is -2.14. The zero-order valence-corrected chi connectivity index (χ0v) is 9.95. The van der Waals surface area contributed by atoms with Gasteiger partial charge in [0, 0.05) is 12.6 Å². The number of methoxy groups -OCH3 is 1. The molecule has 4 N–H and O–H groups in total. The van der Waals surface area contributed by atoms with Gasteiger partial charge < -0.3 is 20.9 Å². The van der Waals surface area contributed by atoms with E-state index in [9.17, 15) is 18.0 Å². The fraction of sp³-hybridized carbons (Fsp3) is 0.400. The summed E-state index contributed by atoms with van der Waals surface area (Å²) in [6.45, 7) is -0.185. The van der Waals surface area contributed by atoms with Crippen LogP contribution in [0, 0.1) is 0 Å². The third kappa shape index (κ3) is 4.28. The zero-order valence-electron chi connectivity index (χ0n) is 9.95. The molecule has 0 spiro atoms. The van der Waals surface area contributed by atoms with E-state index in [0.717, 1.165) is 13.2 Å². The second kappa shape index (κ2) is 5.74. The summed E-state index contributed by atoms with van der Waals surface area (Å²) in [5.74, 6) is -1.29. The van der Waals surface area contributed by atoms with Crippen LogP contribution in [0.2, 0.25) is 0 Å². The number of rotatable bonds is 4. The molecule has 106 valence electrons. The Morgan fingerprint density at radius 1 is 1.47 bits per heavy atom. The molecule has 0 aliphatic carbocycles. The minimum absolute atomic E-state index is 0.0145. The Bertz CT molecular complexity index is 477. The number of nitrogens with two attached hydrogens (primary N) is 2. The highest BCUT2D eigenvalue weighted by molar-refractivity contribution is 5.72. The number of esters is 1. The van der Waals surface area contributed by atoms with Crippen molar-refractivity contribution in [3.8, 4) is 5.75 Å². The lowest BCUT2D eigenvalue weighted by Crippen LogP contribution is -2.20. The van der Waals surface area contributed by atoms with Crippen molar-refractivity contribution in [2.75, 3.05) is 12.8 Å². The molecular formula is C10H12F3N3O3. The molecule has 9 heteroatoms. The number of nitrogens with zero attached hydrogens (tertiary/aromatic N) is 1. The number of hydrogen-bond donors (Lipinski definition) is 2. The molecule has 0 amide bonds. The normalized spacial score (nSPS) is 11.2. The summed E-state index contributed by atoms with van der Waals surface area (Å²) < 4.78 is 44.7. The molecule has 0 unspecified atom stereocenters. The molecule has 0 saturated heterocycles. The first-order valence-corrected chi connectivity index (χ1v) is 5.07. The van der Waals surface area contributed by atoms with Gasteiger partial charge in [-0.2, -0.15) is 0 Å². The van der Waals surface area contributed by atoms with Crippen molar-refractivity contribution in [1.29, 1.82) is 0 Å². The highest BCUT2D eigenvalue weighted by Gasteiger charge is 2.32. The molecule has 6 nitrogen and oxygen atoms in total. The number of alkyl halides is 3. The number of carbonyl (C=O) groups is 1. The summed E-state index contributed by atoms with van der Waals surface area (Å²) in [5, 5.41) is 0. The van der Waals surface area contributed by atoms with Crippen LogP contribution in [0.3, 0.4) is 0 Å². The van der Waals surface area contributed by atoms with Gasteiger partial charge in [0.2, 0.25) is 0 Å². The summed E-state index contributed by atoms with van der Waals surface area (Å²) in [5.41, 5.74) is 10.5. The van der Waals surface area contributed by atoms with Crippen LogP contribution in [0.5, 0.6) is 5.75 Å². The van der Waals surface area contributed by atoms with Crippen LogP contribution in [-0.4, -0.2) is 24.4 Å². The van der Waals surface area contributed by atoms with Crippen LogP contribution in [0.4, 0.5) is 18.9 Å². The summed E-state index contributed by atoms with van der Waals surface area (Å²) in [6, 6.07) is 0.929.